The second-order valence-corrected chi connectivity index (χ2v) is 9.97. The molecule has 0 amide bonds. The van der Waals surface area contributed by atoms with E-state index in [2.05, 4.69) is 27.7 Å². The molecule has 0 bridgehead atoms. The zero-order valence-corrected chi connectivity index (χ0v) is 20.6. The first-order chi connectivity index (χ1) is 13.5. The van der Waals surface area contributed by atoms with Gasteiger partial charge in [-0.15, -0.1) is 0 Å². The van der Waals surface area contributed by atoms with Gasteiger partial charge >= 0.3 is 11.9 Å². The van der Waals surface area contributed by atoms with Gasteiger partial charge in [-0.25, -0.2) is 0 Å². The van der Waals surface area contributed by atoms with Gasteiger partial charge in [-0.1, -0.05) is 66.2 Å². The van der Waals surface area contributed by atoms with E-state index in [1.165, 1.54) is 0 Å². The zero-order valence-electron chi connectivity index (χ0n) is 20.6. The normalized spacial score (nSPS) is 14.3. The minimum Gasteiger partial charge on any atom is -0.465 e. The fourth-order valence-electron chi connectivity index (χ4n) is 3.82. The Bertz CT molecular complexity index is 425. The van der Waals surface area contributed by atoms with E-state index < -0.39 is 10.8 Å². The zero-order chi connectivity index (χ0) is 22.5. The minimum absolute atomic E-state index is 0.220. The molecule has 0 heterocycles. The molecule has 0 saturated heterocycles. The van der Waals surface area contributed by atoms with Gasteiger partial charge in [0, 0.05) is 0 Å². The molecular weight excluding hydrogens is 364 g/mol. The van der Waals surface area contributed by atoms with E-state index >= 15 is 0 Å². The number of hydrogen-bond acceptors (Lipinski definition) is 4. The summed E-state index contributed by atoms with van der Waals surface area (Å²) in [5, 5.41) is 0. The third-order valence-corrected chi connectivity index (χ3v) is 5.98. The Kier molecular flexibility index (Phi) is 13.5. The molecule has 0 aliphatic carbocycles. The molecule has 0 spiro atoms. The highest BCUT2D eigenvalue weighted by molar-refractivity contribution is 5.80. The number of carbonyl (C=O) groups excluding carboxylic acids is 2. The van der Waals surface area contributed by atoms with Crippen molar-refractivity contribution in [3.05, 3.63) is 0 Å². The second-order valence-electron chi connectivity index (χ2n) is 9.97. The van der Waals surface area contributed by atoms with Crippen LogP contribution < -0.4 is 0 Å². The van der Waals surface area contributed by atoms with Crippen LogP contribution in [0.2, 0.25) is 0 Å². The predicted molar refractivity (Wildman–Crippen MR) is 121 cm³/mol. The van der Waals surface area contributed by atoms with Crippen LogP contribution in [0.4, 0.5) is 0 Å². The summed E-state index contributed by atoms with van der Waals surface area (Å²) in [5.41, 5.74) is -1.45. The Morgan fingerprint density at radius 1 is 0.690 bits per heavy atom. The number of esters is 2. The first-order valence-electron chi connectivity index (χ1n) is 11.9. The topological polar surface area (TPSA) is 52.6 Å². The van der Waals surface area contributed by atoms with Gasteiger partial charge in [0.05, 0.1) is 24.0 Å². The van der Waals surface area contributed by atoms with Gasteiger partial charge in [-0.05, 0) is 58.8 Å². The summed E-state index contributed by atoms with van der Waals surface area (Å²) in [6, 6.07) is 0. The molecule has 0 rings (SSSR count). The Hall–Kier alpha value is -1.06. The van der Waals surface area contributed by atoms with E-state index in [1.807, 2.05) is 27.7 Å². The lowest BCUT2D eigenvalue weighted by atomic mass is 9.75. The number of unbranched alkanes of at least 4 members (excludes halogenated alkanes) is 2. The van der Waals surface area contributed by atoms with Crippen molar-refractivity contribution >= 4 is 11.9 Å². The lowest BCUT2D eigenvalue weighted by Gasteiger charge is -2.32. The highest BCUT2D eigenvalue weighted by Crippen LogP contribution is 2.36. The Balaban J connectivity index is 4.70. The third kappa shape index (κ3) is 11.1. The molecule has 0 N–H and O–H groups in total. The third-order valence-electron chi connectivity index (χ3n) is 5.98. The Labute approximate surface area is 180 Å². The van der Waals surface area contributed by atoms with E-state index in [0.29, 0.717) is 31.5 Å². The molecule has 0 aliphatic rings. The number of rotatable bonds is 16. The lowest BCUT2D eigenvalue weighted by molar-refractivity contribution is -0.163. The largest absolute Gasteiger partial charge is 0.465 e. The van der Waals surface area contributed by atoms with Crippen LogP contribution in [0.5, 0.6) is 0 Å². The number of hydrogen-bond donors (Lipinski definition) is 0. The fraction of sp³-hybridized carbons (Fsp3) is 0.920. The van der Waals surface area contributed by atoms with Crippen LogP contribution in [0.25, 0.3) is 0 Å². The van der Waals surface area contributed by atoms with Gasteiger partial charge in [0.15, 0.2) is 0 Å². The van der Waals surface area contributed by atoms with Crippen molar-refractivity contribution in [2.24, 2.45) is 22.7 Å². The quantitative estimate of drug-likeness (QED) is 0.257. The molecule has 0 aromatic rings. The molecular formula is C25H48O4. The summed E-state index contributed by atoms with van der Waals surface area (Å²) in [4.78, 5) is 25.4. The van der Waals surface area contributed by atoms with Crippen molar-refractivity contribution in [1.29, 1.82) is 0 Å². The van der Waals surface area contributed by atoms with Gasteiger partial charge in [-0.3, -0.25) is 9.59 Å². The SMILES string of the molecule is CCCCC(CC)COC(=O)C(C)(C)CC(C)(C)C(=O)OCC(CC)CCCC. The molecule has 2 atom stereocenters. The molecule has 0 aromatic heterocycles. The van der Waals surface area contributed by atoms with Crippen LogP contribution in [0.1, 0.15) is 113 Å². The smallest absolute Gasteiger partial charge is 0.311 e. The molecule has 172 valence electrons. The van der Waals surface area contributed by atoms with Crippen LogP contribution in [0.3, 0.4) is 0 Å². The van der Waals surface area contributed by atoms with E-state index in [-0.39, 0.29) is 11.9 Å². The van der Waals surface area contributed by atoms with Gasteiger partial charge in [0.2, 0.25) is 0 Å². The Morgan fingerprint density at radius 2 is 1.03 bits per heavy atom. The fourth-order valence-corrected chi connectivity index (χ4v) is 3.82. The highest BCUT2D eigenvalue weighted by Gasteiger charge is 2.41. The van der Waals surface area contributed by atoms with Crippen molar-refractivity contribution in [2.45, 2.75) is 113 Å². The minimum atomic E-state index is -0.724. The van der Waals surface area contributed by atoms with Crippen LogP contribution in [-0.2, 0) is 19.1 Å². The molecule has 0 aliphatic heterocycles. The average molecular weight is 413 g/mol. The lowest BCUT2D eigenvalue weighted by Crippen LogP contribution is -2.38. The van der Waals surface area contributed by atoms with E-state index in [0.717, 1.165) is 51.4 Å². The first-order valence-corrected chi connectivity index (χ1v) is 11.9. The maximum absolute atomic E-state index is 12.7. The highest BCUT2D eigenvalue weighted by atomic mass is 16.5. The molecule has 0 radical (unpaired) electrons. The van der Waals surface area contributed by atoms with Gasteiger partial charge in [-0.2, -0.15) is 0 Å². The van der Waals surface area contributed by atoms with Crippen LogP contribution >= 0.6 is 0 Å². The second kappa shape index (κ2) is 14.0. The summed E-state index contributed by atoms with van der Waals surface area (Å²) in [6.45, 7) is 17.1. The Morgan fingerprint density at radius 3 is 1.31 bits per heavy atom. The van der Waals surface area contributed by atoms with Crippen LogP contribution in [-0.4, -0.2) is 25.2 Å². The molecule has 29 heavy (non-hydrogen) atoms. The van der Waals surface area contributed by atoms with Crippen molar-refractivity contribution in [3.63, 3.8) is 0 Å². The van der Waals surface area contributed by atoms with E-state index in [4.69, 9.17) is 9.47 Å². The summed E-state index contributed by atoms with van der Waals surface area (Å²) >= 11 is 0. The molecule has 4 nitrogen and oxygen atoms in total. The standard InChI is InChI=1S/C25H48O4/c1-9-13-15-20(11-3)17-28-22(26)24(5,6)19-25(7,8)23(27)29-18-21(12-4)16-14-10-2/h20-21H,9-19H2,1-8H3. The molecule has 0 aromatic carbocycles. The van der Waals surface area contributed by atoms with Gasteiger partial charge in [0.1, 0.15) is 0 Å². The summed E-state index contributed by atoms with van der Waals surface area (Å²) in [5.74, 6) is 0.397. The van der Waals surface area contributed by atoms with Gasteiger partial charge < -0.3 is 9.47 Å². The summed E-state index contributed by atoms with van der Waals surface area (Å²) in [6.07, 6.45) is 9.27. The van der Waals surface area contributed by atoms with Crippen molar-refractivity contribution in [1.82, 2.24) is 0 Å². The number of carbonyl (C=O) groups is 2. The van der Waals surface area contributed by atoms with Crippen molar-refractivity contribution in [3.8, 4) is 0 Å². The van der Waals surface area contributed by atoms with E-state index in [9.17, 15) is 9.59 Å². The van der Waals surface area contributed by atoms with Crippen molar-refractivity contribution < 1.29 is 19.1 Å². The maximum Gasteiger partial charge on any atom is 0.311 e. The van der Waals surface area contributed by atoms with Gasteiger partial charge in [0.25, 0.3) is 0 Å². The van der Waals surface area contributed by atoms with Crippen LogP contribution in [0, 0.1) is 22.7 Å². The van der Waals surface area contributed by atoms with E-state index in [1.54, 1.807) is 0 Å². The predicted octanol–water partition coefficient (Wildman–Crippen LogP) is 6.95. The molecule has 0 saturated carbocycles. The maximum atomic E-state index is 12.7. The summed E-state index contributed by atoms with van der Waals surface area (Å²) < 4.78 is 11.3. The molecule has 4 heteroatoms. The number of ether oxygens (including phenoxy) is 2. The van der Waals surface area contributed by atoms with Crippen LogP contribution in [0.15, 0.2) is 0 Å². The average Bonchev–Trinajstić information content (AvgIpc) is 2.66. The summed E-state index contributed by atoms with van der Waals surface area (Å²) in [7, 11) is 0. The monoisotopic (exact) mass is 412 g/mol. The first kappa shape index (κ1) is 27.9. The van der Waals surface area contributed by atoms with Crippen molar-refractivity contribution in [2.75, 3.05) is 13.2 Å². The molecule has 2 unspecified atom stereocenters. The molecule has 0 fully saturated rings.